The molecular formula is C25H33NO6. The molecule has 0 radical (unpaired) electrons. The second kappa shape index (κ2) is 9.35. The van der Waals surface area contributed by atoms with Crippen LogP contribution in [-0.4, -0.2) is 23.7 Å². The Labute approximate surface area is 188 Å². The molecule has 1 N–H and O–H groups in total. The van der Waals surface area contributed by atoms with Crippen LogP contribution in [0.25, 0.3) is 11.0 Å². The lowest BCUT2D eigenvalue weighted by Gasteiger charge is -2.24. The Balaban J connectivity index is 1.87. The highest BCUT2D eigenvalue weighted by Gasteiger charge is 2.28. The lowest BCUT2D eigenvalue weighted by Crippen LogP contribution is -2.45. The highest BCUT2D eigenvalue weighted by molar-refractivity contribution is 5.88. The maximum Gasteiger partial charge on any atom is 0.408 e. The summed E-state index contributed by atoms with van der Waals surface area (Å²) in [5.74, 6) is -0.141. The molecule has 1 heterocycles. The van der Waals surface area contributed by atoms with Crippen molar-refractivity contribution in [2.75, 3.05) is 0 Å². The molecule has 0 fully saturated rings. The summed E-state index contributed by atoms with van der Waals surface area (Å²) >= 11 is 0. The number of nitrogens with one attached hydrogen (secondary N) is 1. The normalized spacial score (nSPS) is 14.7. The van der Waals surface area contributed by atoms with E-state index in [2.05, 4.69) is 5.32 Å². The summed E-state index contributed by atoms with van der Waals surface area (Å²) in [7, 11) is 0. The highest BCUT2D eigenvalue weighted by atomic mass is 16.6. The van der Waals surface area contributed by atoms with Gasteiger partial charge in [-0.25, -0.2) is 14.4 Å². The highest BCUT2D eigenvalue weighted by Crippen LogP contribution is 2.32. The van der Waals surface area contributed by atoms with Crippen LogP contribution in [0.3, 0.4) is 0 Å². The first kappa shape index (κ1) is 23.8. The molecule has 2 aromatic rings. The molecule has 7 nitrogen and oxygen atoms in total. The van der Waals surface area contributed by atoms with Gasteiger partial charge in [-0.2, -0.15) is 0 Å². The van der Waals surface area contributed by atoms with Crippen LogP contribution in [0.15, 0.2) is 21.3 Å². The van der Waals surface area contributed by atoms with Crippen LogP contribution in [0, 0.1) is 12.8 Å². The molecule has 7 heteroatoms. The van der Waals surface area contributed by atoms with Crippen LogP contribution in [0.5, 0.6) is 5.75 Å². The van der Waals surface area contributed by atoms with Gasteiger partial charge in [0.05, 0.1) is 0 Å². The summed E-state index contributed by atoms with van der Waals surface area (Å²) < 4.78 is 16.6. The lowest BCUT2D eigenvalue weighted by molar-refractivity contribution is -0.137. The van der Waals surface area contributed by atoms with E-state index in [4.69, 9.17) is 13.9 Å². The summed E-state index contributed by atoms with van der Waals surface area (Å²) in [6.07, 6.45) is 3.32. The van der Waals surface area contributed by atoms with E-state index in [1.807, 2.05) is 19.9 Å². The Kier molecular flexibility index (Phi) is 6.96. The van der Waals surface area contributed by atoms with E-state index in [1.54, 1.807) is 33.8 Å². The number of esters is 1. The zero-order valence-corrected chi connectivity index (χ0v) is 19.8. The third-order valence-corrected chi connectivity index (χ3v) is 5.48. The van der Waals surface area contributed by atoms with Gasteiger partial charge in [0.1, 0.15) is 23.0 Å². The number of hydrogen-bond acceptors (Lipinski definition) is 6. The maximum absolute atomic E-state index is 13.0. The molecule has 0 saturated heterocycles. The monoisotopic (exact) mass is 443 g/mol. The van der Waals surface area contributed by atoms with Gasteiger partial charge >= 0.3 is 17.7 Å². The zero-order valence-electron chi connectivity index (χ0n) is 19.8. The summed E-state index contributed by atoms with van der Waals surface area (Å²) in [6.45, 7) is 10.9. The average Bonchev–Trinajstić information content (AvgIpc) is 2.68. The van der Waals surface area contributed by atoms with E-state index in [-0.39, 0.29) is 11.5 Å². The molecule has 174 valence electrons. The number of hydrogen-bond donors (Lipinski definition) is 1. The number of ether oxygens (including phenoxy) is 2. The number of amides is 1. The molecule has 1 aromatic heterocycles. The van der Waals surface area contributed by atoms with E-state index in [0.29, 0.717) is 23.3 Å². The topological polar surface area (TPSA) is 94.8 Å². The molecule has 1 atom stereocenters. The van der Waals surface area contributed by atoms with Crippen molar-refractivity contribution in [1.29, 1.82) is 0 Å². The fourth-order valence-corrected chi connectivity index (χ4v) is 4.05. The Morgan fingerprint density at radius 2 is 1.78 bits per heavy atom. The summed E-state index contributed by atoms with van der Waals surface area (Å²) in [5, 5.41) is 3.51. The second-order valence-corrected chi connectivity index (χ2v) is 9.87. The van der Waals surface area contributed by atoms with Gasteiger partial charge in [0.25, 0.3) is 0 Å². The lowest BCUT2D eigenvalue weighted by atomic mass is 9.90. The van der Waals surface area contributed by atoms with Crippen molar-refractivity contribution >= 4 is 23.0 Å². The van der Waals surface area contributed by atoms with E-state index in [0.717, 1.165) is 42.2 Å². The predicted octanol–water partition coefficient (Wildman–Crippen LogP) is 4.83. The standard InChI is InChI=1S/C25H33NO6/c1-14(2)13-19(26-24(29)32-25(4,5)6)23(28)30-20-12-11-17-16-9-7-8-10-18(16)22(27)31-21(17)15(20)3/h11-12,14,19H,7-10,13H2,1-6H3,(H,26,29). The van der Waals surface area contributed by atoms with Crippen molar-refractivity contribution in [1.82, 2.24) is 5.32 Å². The average molecular weight is 444 g/mol. The largest absolute Gasteiger partial charge is 0.444 e. The molecule has 0 aliphatic heterocycles. The summed E-state index contributed by atoms with van der Waals surface area (Å²) in [5.41, 5.74) is 1.83. The SMILES string of the molecule is Cc1c(OC(=O)C(CC(C)C)NC(=O)OC(C)(C)C)ccc2c3c(c(=O)oc12)CCCC3. The van der Waals surface area contributed by atoms with Crippen molar-refractivity contribution < 1.29 is 23.5 Å². The van der Waals surface area contributed by atoms with Crippen LogP contribution in [-0.2, 0) is 22.4 Å². The Hall–Kier alpha value is -2.83. The fourth-order valence-electron chi connectivity index (χ4n) is 4.05. The summed E-state index contributed by atoms with van der Waals surface area (Å²) in [6, 6.07) is 2.71. The second-order valence-electron chi connectivity index (χ2n) is 9.87. The number of alkyl carbamates (subject to hydrolysis) is 1. The van der Waals surface area contributed by atoms with Gasteiger partial charge in [-0.3, -0.25) is 0 Å². The number of carbonyl (C=O) groups is 2. The van der Waals surface area contributed by atoms with E-state index in [9.17, 15) is 14.4 Å². The molecule has 0 saturated carbocycles. The van der Waals surface area contributed by atoms with Gasteiger partial charge in [-0.05, 0) is 83.4 Å². The quantitative estimate of drug-likeness (QED) is 0.404. The smallest absolute Gasteiger partial charge is 0.408 e. The number of carbonyl (C=O) groups excluding carboxylic acids is 2. The molecule has 1 aliphatic carbocycles. The van der Waals surface area contributed by atoms with Crippen molar-refractivity contribution in [2.45, 2.75) is 85.3 Å². The molecule has 1 unspecified atom stereocenters. The van der Waals surface area contributed by atoms with Crippen LogP contribution < -0.4 is 15.7 Å². The van der Waals surface area contributed by atoms with Gasteiger partial charge in [0.15, 0.2) is 0 Å². The first-order valence-corrected chi connectivity index (χ1v) is 11.3. The Morgan fingerprint density at radius 1 is 1.12 bits per heavy atom. The molecular weight excluding hydrogens is 410 g/mol. The minimum Gasteiger partial charge on any atom is -0.444 e. The van der Waals surface area contributed by atoms with E-state index < -0.39 is 23.7 Å². The third-order valence-electron chi connectivity index (χ3n) is 5.48. The van der Waals surface area contributed by atoms with Crippen LogP contribution in [0.4, 0.5) is 4.79 Å². The first-order chi connectivity index (χ1) is 15.0. The van der Waals surface area contributed by atoms with Crippen LogP contribution in [0.2, 0.25) is 0 Å². The van der Waals surface area contributed by atoms with Crippen molar-refractivity contribution in [3.63, 3.8) is 0 Å². The minimum atomic E-state index is -0.865. The number of aryl methyl sites for hydroxylation is 2. The van der Waals surface area contributed by atoms with E-state index in [1.165, 1.54) is 0 Å². The van der Waals surface area contributed by atoms with Crippen molar-refractivity contribution in [3.8, 4) is 5.75 Å². The van der Waals surface area contributed by atoms with Crippen LogP contribution >= 0.6 is 0 Å². The fraction of sp³-hybridized carbons (Fsp3) is 0.560. The Bertz CT molecular complexity index is 1080. The molecule has 0 spiro atoms. The number of rotatable bonds is 5. The van der Waals surface area contributed by atoms with Gasteiger partial charge in [-0.15, -0.1) is 0 Å². The predicted molar refractivity (Wildman–Crippen MR) is 122 cm³/mol. The van der Waals surface area contributed by atoms with Gasteiger partial charge in [-0.1, -0.05) is 13.8 Å². The van der Waals surface area contributed by atoms with Crippen molar-refractivity contribution in [2.24, 2.45) is 5.92 Å². The number of benzene rings is 1. The van der Waals surface area contributed by atoms with Crippen molar-refractivity contribution in [3.05, 3.63) is 39.2 Å². The van der Waals surface area contributed by atoms with Gasteiger partial charge < -0.3 is 19.2 Å². The van der Waals surface area contributed by atoms with Gasteiger partial charge in [0.2, 0.25) is 0 Å². The van der Waals surface area contributed by atoms with Crippen LogP contribution in [0.1, 0.15) is 70.6 Å². The van der Waals surface area contributed by atoms with E-state index >= 15 is 0 Å². The molecule has 1 aliphatic rings. The molecule has 3 rings (SSSR count). The molecule has 1 aromatic carbocycles. The molecule has 32 heavy (non-hydrogen) atoms. The third kappa shape index (κ3) is 5.50. The minimum absolute atomic E-state index is 0.143. The van der Waals surface area contributed by atoms with Gasteiger partial charge in [0, 0.05) is 16.5 Å². The number of fused-ring (bicyclic) bond motifs is 3. The zero-order chi connectivity index (χ0) is 23.6. The molecule has 0 bridgehead atoms. The maximum atomic E-state index is 13.0. The Morgan fingerprint density at radius 3 is 2.41 bits per heavy atom. The first-order valence-electron chi connectivity index (χ1n) is 11.3. The summed E-state index contributed by atoms with van der Waals surface area (Å²) in [4.78, 5) is 37.7. The molecule has 1 amide bonds.